The van der Waals surface area contributed by atoms with Gasteiger partial charge in [-0.25, -0.2) is 13.4 Å². The van der Waals surface area contributed by atoms with E-state index in [9.17, 15) is 8.42 Å². The van der Waals surface area contributed by atoms with E-state index in [2.05, 4.69) is 9.97 Å². The van der Waals surface area contributed by atoms with Crippen LogP contribution in [0, 0.1) is 0 Å². The van der Waals surface area contributed by atoms with Gasteiger partial charge in [0.2, 0.25) is 0 Å². The molecular weight excluding hydrogens is 254 g/mol. The minimum atomic E-state index is -3.55. The maximum atomic E-state index is 12.2. The Kier molecular flexibility index (Phi) is 3.53. The Balaban J connectivity index is 2.19. The number of nitrogens with one attached hydrogen (secondary N) is 1. The Labute approximate surface area is 106 Å². The Morgan fingerprint density at radius 1 is 1.50 bits per heavy atom. The molecule has 2 aromatic rings. The van der Waals surface area contributed by atoms with Crippen molar-refractivity contribution in [3.8, 4) is 0 Å². The smallest absolute Gasteiger partial charge is 0.260 e. The molecule has 0 aliphatic carbocycles. The number of rotatable bonds is 5. The summed E-state index contributed by atoms with van der Waals surface area (Å²) in [6, 6.07) is 3.46. The number of hydrogen-bond acceptors (Lipinski definition) is 4. The Hall–Kier alpha value is -1.60. The quantitative estimate of drug-likeness (QED) is 0.889. The first kappa shape index (κ1) is 12.8. The number of furan rings is 1. The molecule has 0 saturated heterocycles. The van der Waals surface area contributed by atoms with E-state index in [1.54, 1.807) is 12.1 Å². The molecule has 0 aliphatic rings. The monoisotopic (exact) mass is 269 g/mol. The summed E-state index contributed by atoms with van der Waals surface area (Å²) >= 11 is 0. The van der Waals surface area contributed by atoms with Crippen molar-refractivity contribution in [2.24, 2.45) is 0 Å². The zero-order chi connectivity index (χ0) is 13.2. The molecule has 6 nitrogen and oxygen atoms in total. The molecule has 18 heavy (non-hydrogen) atoms. The van der Waals surface area contributed by atoms with Gasteiger partial charge >= 0.3 is 0 Å². The van der Waals surface area contributed by atoms with Gasteiger partial charge < -0.3 is 9.40 Å². The minimum Gasteiger partial charge on any atom is -0.468 e. The molecule has 98 valence electrons. The molecule has 7 heteroatoms. The molecule has 2 aromatic heterocycles. The molecule has 0 amide bonds. The second-order valence-electron chi connectivity index (χ2n) is 3.89. The summed E-state index contributed by atoms with van der Waals surface area (Å²) in [6.45, 7) is 2.09. The molecule has 0 saturated carbocycles. The SMILES string of the molecule is CCc1ncc(S(=O)(=O)N(C)Cc2ccco2)[nH]1. The summed E-state index contributed by atoms with van der Waals surface area (Å²) in [5, 5.41) is 0.105. The lowest BCUT2D eigenvalue weighted by atomic mass is 10.4. The topological polar surface area (TPSA) is 79.2 Å². The van der Waals surface area contributed by atoms with Crippen molar-refractivity contribution in [1.29, 1.82) is 0 Å². The highest BCUT2D eigenvalue weighted by Gasteiger charge is 2.23. The third-order valence-corrected chi connectivity index (χ3v) is 4.30. The van der Waals surface area contributed by atoms with Crippen LogP contribution < -0.4 is 0 Å². The molecule has 2 rings (SSSR count). The number of hydrogen-bond donors (Lipinski definition) is 1. The molecular formula is C11H15N3O3S. The third-order valence-electron chi connectivity index (χ3n) is 2.59. The van der Waals surface area contributed by atoms with Crippen LogP contribution >= 0.6 is 0 Å². The average Bonchev–Trinajstić information content (AvgIpc) is 2.99. The standard InChI is InChI=1S/C11H15N3O3S/c1-3-10-12-7-11(13-10)18(15,16)14(2)8-9-5-4-6-17-9/h4-7H,3,8H2,1-2H3,(H,12,13). The summed E-state index contributed by atoms with van der Waals surface area (Å²) in [5.41, 5.74) is 0. The Bertz CT molecular complexity index is 601. The van der Waals surface area contributed by atoms with Crippen molar-refractivity contribution in [2.45, 2.75) is 24.9 Å². The molecule has 0 unspecified atom stereocenters. The number of sulfonamides is 1. The highest BCUT2D eigenvalue weighted by Crippen LogP contribution is 2.15. The van der Waals surface area contributed by atoms with Crippen LogP contribution in [-0.2, 0) is 23.0 Å². The lowest BCUT2D eigenvalue weighted by molar-refractivity contribution is 0.405. The molecule has 0 bridgehead atoms. The van der Waals surface area contributed by atoms with Crippen LogP contribution in [0.1, 0.15) is 18.5 Å². The number of aromatic nitrogens is 2. The normalized spacial score (nSPS) is 12.2. The molecule has 0 aliphatic heterocycles. The van der Waals surface area contributed by atoms with Crippen LogP contribution in [-0.4, -0.2) is 29.7 Å². The number of aromatic amines is 1. The Morgan fingerprint density at radius 2 is 2.28 bits per heavy atom. The first-order valence-electron chi connectivity index (χ1n) is 5.56. The van der Waals surface area contributed by atoms with E-state index >= 15 is 0 Å². The van der Waals surface area contributed by atoms with Gasteiger partial charge in [0.05, 0.1) is 19.0 Å². The van der Waals surface area contributed by atoms with Gasteiger partial charge in [0.15, 0.2) is 5.03 Å². The van der Waals surface area contributed by atoms with Crippen LogP contribution in [0.25, 0.3) is 0 Å². The largest absolute Gasteiger partial charge is 0.468 e. The van der Waals surface area contributed by atoms with Gasteiger partial charge in [0.1, 0.15) is 11.6 Å². The summed E-state index contributed by atoms with van der Waals surface area (Å²) in [4.78, 5) is 6.79. The van der Waals surface area contributed by atoms with Gasteiger partial charge in [0, 0.05) is 13.5 Å². The van der Waals surface area contributed by atoms with Crippen molar-refractivity contribution < 1.29 is 12.8 Å². The number of H-pyrrole nitrogens is 1. The second kappa shape index (κ2) is 4.95. The second-order valence-corrected chi connectivity index (χ2v) is 5.90. The Morgan fingerprint density at radius 3 is 2.83 bits per heavy atom. The number of nitrogens with zero attached hydrogens (tertiary/aromatic N) is 2. The molecule has 0 atom stereocenters. The molecule has 1 N–H and O–H groups in total. The maximum absolute atomic E-state index is 12.2. The van der Waals surface area contributed by atoms with Crippen LogP contribution in [0.2, 0.25) is 0 Å². The van der Waals surface area contributed by atoms with Crippen LogP contribution in [0.3, 0.4) is 0 Å². The van der Waals surface area contributed by atoms with Crippen LogP contribution in [0.4, 0.5) is 0 Å². The van der Waals surface area contributed by atoms with Crippen molar-refractivity contribution in [2.75, 3.05) is 7.05 Å². The number of imidazole rings is 1. The summed E-state index contributed by atoms with van der Waals surface area (Å²) < 4.78 is 30.8. The first-order chi connectivity index (χ1) is 8.54. The van der Waals surface area contributed by atoms with Gasteiger partial charge in [-0.3, -0.25) is 0 Å². The molecule has 0 aromatic carbocycles. The zero-order valence-corrected chi connectivity index (χ0v) is 11.1. The summed E-state index contributed by atoms with van der Waals surface area (Å²) in [7, 11) is -2.04. The molecule has 0 spiro atoms. The van der Waals surface area contributed by atoms with Crippen molar-refractivity contribution in [3.63, 3.8) is 0 Å². The van der Waals surface area contributed by atoms with Crippen molar-refractivity contribution >= 4 is 10.0 Å². The van der Waals surface area contributed by atoms with E-state index in [1.165, 1.54) is 23.8 Å². The zero-order valence-electron chi connectivity index (χ0n) is 10.3. The summed E-state index contributed by atoms with van der Waals surface area (Å²) in [5.74, 6) is 1.25. The highest BCUT2D eigenvalue weighted by molar-refractivity contribution is 7.89. The third kappa shape index (κ3) is 2.46. The first-order valence-corrected chi connectivity index (χ1v) is 7.00. The summed E-state index contributed by atoms with van der Waals surface area (Å²) in [6.07, 6.45) is 3.52. The van der Waals surface area contributed by atoms with Crippen molar-refractivity contribution in [1.82, 2.24) is 14.3 Å². The fraction of sp³-hybridized carbons (Fsp3) is 0.364. The number of aryl methyl sites for hydroxylation is 1. The minimum absolute atomic E-state index is 0.105. The van der Waals surface area contributed by atoms with E-state index in [4.69, 9.17) is 4.42 Å². The van der Waals surface area contributed by atoms with Crippen LogP contribution in [0.5, 0.6) is 0 Å². The van der Waals surface area contributed by atoms with Gasteiger partial charge in [-0.15, -0.1) is 0 Å². The van der Waals surface area contributed by atoms with Crippen LogP contribution in [0.15, 0.2) is 34.0 Å². The van der Waals surface area contributed by atoms with E-state index in [0.717, 1.165) is 0 Å². The lowest BCUT2D eigenvalue weighted by Crippen LogP contribution is -2.26. The fourth-order valence-electron chi connectivity index (χ4n) is 1.53. The average molecular weight is 269 g/mol. The maximum Gasteiger partial charge on any atom is 0.260 e. The van der Waals surface area contributed by atoms with Crippen molar-refractivity contribution in [3.05, 3.63) is 36.2 Å². The molecule has 0 radical (unpaired) electrons. The van der Waals surface area contributed by atoms with Gasteiger partial charge in [-0.2, -0.15) is 4.31 Å². The predicted molar refractivity (Wildman–Crippen MR) is 65.3 cm³/mol. The van der Waals surface area contributed by atoms with Gasteiger partial charge in [-0.05, 0) is 12.1 Å². The van der Waals surface area contributed by atoms with E-state index in [1.807, 2.05) is 6.92 Å². The molecule has 0 fully saturated rings. The van der Waals surface area contributed by atoms with E-state index in [0.29, 0.717) is 18.0 Å². The predicted octanol–water partition coefficient (Wildman–Crippen LogP) is 1.39. The molecule has 2 heterocycles. The van der Waals surface area contributed by atoms with E-state index < -0.39 is 10.0 Å². The van der Waals surface area contributed by atoms with E-state index in [-0.39, 0.29) is 11.6 Å². The van der Waals surface area contributed by atoms with Gasteiger partial charge in [0.25, 0.3) is 10.0 Å². The highest BCUT2D eigenvalue weighted by atomic mass is 32.2. The lowest BCUT2D eigenvalue weighted by Gasteiger charge is -2.14. The fourth-order valence-corrected chi connectivity index (χ4v) is 2.59. The van der Waals surface area contributed by atoms with Gasteiger partial charge in [-0.1, -0.05) is 6.92 Å².